The summed E-state index contributed by atoms with van der Waals surface area (Å²) >= 11 is 2.08. The van der Waals surface area contributed by atoms with Crippen LogP contribution in [0.1, 0.15) is 78.2 Å². The summed E-state index contributed by atoms with van der Waals surface area (Å²) < 4.78 is 6.57. The van der Waals surface area contributed by atoms with Crippen molar-refractivity contribution in [3.8, 4) is 11.1 Å². The van der Waals surface area contributed by atoms with Gasteiger partial charge in [-0.2, -0.15) is 0 Å². The van der Waals surface area contributed by atoms with Crippen molar-refractivity contribution in [3.63, 3.8) is 0 Å². The van der Waals surface area contributed by atoms with Crippen LogP contribution in [0.2, 0.25) is 0 Å². The number of hydrogen-bond donors (Lipinski definition) is 0. The van der Waals surface area contributed by atoms with Crippen molar-refractivity contribution in [1.82, 2.24) is 0 Å². The van der Waals surface area contributed by atoms with Gasteiger partial charge >= 0.3 is 0 Å². The zero-order chi connectivity index (χ0) is 42.2. The lowest BCUT2D eigenvalue weighted by Crippen LogP contribution is -2.37. The van der Waals surface area contributed by atoms with Crippen LogP contribution in [0.15, 0.2) is 215 Å². The molecule has 0 amide bonds. The van der Waals surface area contributed by atoms with Crippen LogP contribution in [0.3, 0.4) is 0 Å². The summed E-state index contributed by atoms with van der Waals surface area (Å²) in [5.74, 6) is 1.05. The summed E-state index contributed by atoms with van der Waals surface area (Å²) in [4.78, 5) is 4.00. The molecule has 1 aromatic heterocycles. The fourth-order valence-corrected chi connectivity index (χ4v) is 13.6. The Kier molecular flexibility index (Phi) is 9.08. The van der Waals surface area contributed by atoms with Gasteiger partial charge in [0.1, 0.15) is 11.0 Å². The maximum Gasteiger partial charge on any atom is 0.138 e. The van der Waals surface area contributed by atoms with Gasteiger partial charge in [0.25, 0.3) is 0 Å². The van der Waals surface area contributed by atoms with Gasteiger partial charge in [-0.15, -0.1) is 11.8 Å². The molecule has 0 radical (unpaired) electrons. The number of nitrogens with zero attached hydrogens (tertiary/aromatic N) is 1. The second kappa shape index (κ2) is 15.3. The van der Waals surface area contributed by atoms with Crippen LogP contribution in [0, 0.1) is 5.92 Å². The minimum atomic E-state index is -0.300. The Bertz CT molecular complexity index is 3280. The van der Waals surface area contributed by atoms with E-state index < -0.39 is 0 Å². The van der Waals surface area contributed by atoms with Crippen LogP contribution in [0.4, 0.5) is 11.4 Å². The normalized spacial score (nSPS) is 24.4. The smallest absolute Gasteiger partial charge is 0.138 e. The third-order valence-corrected chi connectivity index (χ3v) is 16.4. The van der Waals surface area contributed by atoms with Gasteiger partial charge in [0.15, 0.2) is 0 Å². The highest BCUT2D eigenvalue weighted by molar-refractivity contribution is 8.00. The Morgan fingerprint density at radius 1 is 0.672 bits per heavy atom. The van der Waals surface area contributed by atoms with Crippen LogP contribution in [-0.2, 0) is 5.41 Å². The minimum absolute atomic E-state index is 0.290. The molecule has 64 heavy (non-hydrogen) atoms. The van der Waals surface area contributed by atoms with Gasteiger partial charge in [-0.1, -0.05) is 170 Å². The molecule has 0 bridgehead atoms. The number of fused-ring (bicyclic) bond motifs is 10. The first kappa shape index (κ1) is 38.0. The van der Waals surface area contributed by atoms with Gasteiger partial charge in [-0.3, -0.25) is 0 Å². The fourth-order valence-electron chi connectivity index (χ4n) is 12.1. The van der Waals surface area contributed by atoms with Crippen molar-refractivity contribution in [1.29, 1.82) is 0 Å². The minimum Gasteiger partial charge on any atom is -0.456 e. The number of allylic oxidation sites excluding steroid dienone is 14. The van der Waals surface area contributed by atoms with Crippen molar-refractivity contribution in [2.24, 2.45) is 5.92 Å². The van der Waals surface area contributed by atoms with Gasteiger partial charge in [-0.05, 0) is 114 Å². The van der Waals surface area contributed by atoms with E-state index in [-0.39, 0.29) is 11.3 Å². The van der Waals surface area contributed by atoms with E-state index >= 15 is 0 Å². The van der Waals surface area contributed by atoms with Crippen LogP contribution in [0.25, 0.3) is 33.7 Å². The molecule has 3 heteroatoms. The lowest BCUT2D eigenvalue weighted by molar-refractivity contribution is 0.435. The van der Waals surface area contributed by atoms with Crippen molar-refractivity contribution in [3.05, 3.63) is 244 Å². The second-order valence-electron chi connectivity index (χ2n) is 18.3. The average Bonchev–Trinajstić information content (AvgIpc) is 4.04. The van der Waals surface area contributed by atoms with Gasteiger partial charge in [0.05, 0.1) is 0 Å². The average molecular weight is 844 g/mol. The topological polar surface area (TPSA) is 16.4 Å². The van der Waals surface area contributed by atoms with Crippen molar-refractivity contribution in [2.75, 3.05) is 4.90 Å². The number of thioether (sulfide) groups is 1. The molecule has 0 saturated heterocycles. The molecular weight excluding hydrogens is 795 g/mol. The third kappa shape index (κ3) is 5.86. The summed E-state index contributed by atoms with van der Waals surface area (Å²) in [6.45, 7) is 0. The SMILES string of the molecule is C1=CCCC(C2(C3C=CC=CC3)c3cc(N(C4=CCC(c5ccccc5)C=C4)c4ccc(C5=c6oc7ccccc7c6=CCC5)cc4)ccc3-c3c2ccc2c3SC3C=CC=CC23)=C1. The largest absolute Gasteiger partial charge is 0.456 e. The van der Waals surface area contributed by atoms with Crippen LogP contribution in [0.5, 0.6) is 0 Å². The lowest BCUT2D eigenvalue weighted by atomic mass is 9.60. The molecule has 2 heterocycles. The predicted molar refractivity (Wildman–Crippen MR) is 267 cm³/mol. The Morgan fingerprint density at radius 3 is 2.38 bits per heavy atom. The van der Waals surface area contributed by atoms with E-state index in [9.17, 15) is 0 Å². The van der Waals surface area contributed by atoms with E-state index in [1.807, 2.05) is 0 Å². The van der Waals surface area contributed by atoms with E-state index in [0.717, 1.165) is 55.2 Å². The standard InChI is InChI=1S/C61H49NOS/c1-4-15-40(16-5-1)41-27-31-45(32-28-41)62(46-33-29-42(30-34-46)48-23-14-24-51-49-21-10-12-25-56(49)63-59(48)51)47-35-36-53-55(39-47)61(43-17-6-2-7-18-43,44-19-8-3-9-20-44)54-38-37-52-50-22-11-13-26-57(50)64-60(52)58(53)54/h1-8,10-13,15-17,19,21-22,24-27,29-39,41,43,50,57H,9,14,18,20,23,28H2. The van der Waals surface area contributed by atoms with Crippen molar-refractivity contribution in [2.45, 2.75) is 65.9 Å². The maximum atomic E-state index is 6.57. The van der Waals surface area contributed by atoms with Crippen molar-refractivity contribution < 1.29 is 4.42 Å². The van der Waals surface area contributed by atoms with E-state index in [1.54, 1.807) is 0 Å². The number of furan rings is 1. The van der Waals surface area contributed by atoms with E-state index in [0.29, 0.717) is 17.1 Å². The monoisotopic (exact) mass is 843 g/mol. The fraction of sp³-hybridized carbons (Fsp3) is 0.180. The van der Waals surface area contributed by atoms with Gasteiger partial charge in [-0.25, -0.2) is 0 Å². The highest BCUT2D eigenvalue weighted by Crippen LogP contribution is 2.64. The number of para-hydroxylation sites is 1. The molecular formula is C61H49NOS. The second-order valence-corrected chi connectivity index (χ2v) is 19.5. The van der Waals surface area contributed by atoms with Gasteiger partial charge < -0.3 is 9.32 Å². The highest BCUT2D eigenvalue weighted by atomic mass is 32.2. The summed E-state index contributed by atoms with van der Waals surface area (Å²) in [6.07, 6.45) is 41.5. The third-order valence-electron chi connectivity index (χ3n) is 15.0. The number of benzene rings is 5. The molecule has 13 rings (SSSR count). The first-order chi connectivity index (χ1) is 31.7. The molecule has 5 aromatic carbocycles. The molecule has 6 aliphatic carbocycles. The molecule has 2 nitrogen and oxygen atoms in total. The molecule has 6 aromatic rings. The lowest BCUT2D eigenvalue weighted by Gasteiger charge is -2.42. The predicted octanol–water partition coefficient (Wildman–Crippen LogP) is 14.3. The zero-order valence-electron chi connectivity index (χ0n) is 35.9. The summed E-state index contributed by atoms with van der Waals surface area (Å²) in [6, 6.07) is 41.3. The quantitative estimate of drug-likeness (QED) is 0.159. The number of hydrogen-bond acceptors (Lipinski definition) is 3. The van der Waals surface area contributed by atoms with Crippen molar-refractivity contribution >= 4 is 45.8 Å². The van der Waals surface area contributed by atoms with Crippen LogP contribution in [-0.4, -0.2) is 5.25 Å². The molecule has 1 aliphatic heterocycles. The molecule has 310 valence electrons. The molecule has 0 spiro atoms. The highest BCUT2D eigenvalue weighted by Gasteiger charge is 2.52. The Balaban J connectivity index is 0.995. The van der Waals surface area contributed by atoms with E-state index in [2.05, 4.69) is 217 Å². The number of rotatable bonds is 7. The first-order valence-corrected chi connectivity index (χ1v) is 24.2. The molecule has 7 aliphatic rings. The van der Waals surface area contributed by atoms with E-state index in [4.69, 9.17) is 4.42 Å². The van der Waals surface area contributed by atoms with Crippen LogP contribution < -0.4 is 15.5 Å². The Morgan fingerprint density at radius 2 is 1.53 bits per heavy atom. The van der Waals surface area contributed by atoms with E-state index in [1.165, 1.54) is 77.0 Å². The molecule has 0 fully saturated rings. The van der Waals surface area contributed by atoms with Gasteiger partial charge in [0, 0.05) is 66.2 Å². The molecule has 0 saturated carbocycles. The summed E-state index contributed by atoms with van der Waals surface area (Å²) in [5.41, 5.74) is 17.9. The summed E-state index contributed by atoms with van der Waals surface area (Å²) in [5, 5.41) is 2.87. The van der Waals surface area contributed by atoms with Crippen LogP contribution >= 0.6 is 11.8 Å². The molecule has 5 atom stereocenters. The summed E-state index contributed by atoms with van der Waals surface area (Å²) in [7, 11) is 0. The number of anilines is 2. The Labute approximate surface area is 380 Å². The molecule has 5 unspecified atom stereocenters. The van der Waals surface area contributed by atoms with Gasteiger partial charge in [0.2, 0.25) is 0 Å². The first-order valence-electron chi connectivity index (χ1n) is 23.3. The maximum absolute atomic E-state index is 6.57. The zero-order valence-corrected chi connectivity index (χ0v) is 36.7. The molecule has 0 N–H and O–H groups in total. The Hall–Kier alpha value is -6.55.